The van der Waals surface area contributed by atoms with Crippen LogP contribution in [-0.4, -0.2) is 16.0 Å². The Balaban J connectivity index is 2.10. The molecular formula is C9H12ClN3O. The summed E-state index contributed by atoms with van der Waals surface area (Å²) in [5.74, 6) is 1.20. The zero-order valence-electron chi connectivity index (χ0n) is 7.88. The number of rotatable bonds is 3. The Kier molecular flexibility index (Phi) is 2.46. The fourth-order valence-electron chi connectivity index (χ4n) is 1.53. The number of nitrogens with one attached hydrogen (secondary N) is 2. The molecule has 0 radical (unpaired) electrons. The standard InChI is InChI=1S/C9H12ClN3O/c1-2-5-3-6(5)13-8-7(10)9(14)12-4-11-8/h4-6H,2-3H2,1H3,(H2,11,12,13,14). The van der Waals surface area contributed by atoms with E-state index in [4.69, 9.17) is 11.6 Å². The van der Waals surface area contributed by atoms with Crippen LogP contribution >= 0.6 is 11.6 Å². The molecule has 0 bridgehead atoms. The van der Waals surface area contributed by atoms with Crippen LogP contribution in [0.4, 0.5) is 5.82 Å². The van der Waals surface area contributed by atoms with Crippen molar-refractivity contribution in [2.24, 2.45) is 5.92 Å². The van der Waals surface area contributed by atoms with Crippen LogP contribution in [0.25, 0.3) is 0 Å². The van der Waals surface area contributed by atoms with Crippen LogP contribution in [0.2, 0.25) is 5.02 Å². The predicted octanol–water partition coefficient (Wildman–Crippen LogP) is 1.63. The van der Waals surface area contributed by atoms with Crippen molar-refractivity contribution in [1.82, 2.24) is 9.97 Å². The summed E-state index contributed by atoms with van der Waals surface area (Å²) in [6.45, 7) is 2.15. The molecule has 0 saturated heterocycles. The van der Waals surface area contributed by atoms with Gasteiger partial charge in [0, 0.05) is 6.04 Å². The molecule has 76 valence electrons. The van der Waals surface area contributed by atoms with E-state index in [-0.39, 0.29) is 10.6 Å². The average Bonchev–Trinajstić information content (AvgIpc) is 2.92. The second-order valence-corrected chi connectivity index (χ2v) is 3.93. The molecule has 1 heterocycles. The Hall–Kier alpha value is -1.03. The van der Waals surface area contributed by atoms with Crippen LogP contribution in [0.1, 0.15) is 19.8 Å². The molecular weight excluding hydrogens is 202 g/mol. The summed E-state index contributed by atoms with van der Waals surface area (Å²) in [6, 6.07) is 0.437. The lowest BCUT2D eigenvalue weighted by atomic mass is 10.3. The largest absolute Gasteiger partial charge is 0.366 e. The van der Waals surface area contributed by atoms with Gasteiger partial charge in [-0.3, -0.25) is 4.79 Å². The lowest BCUT2D eigenvalue weighted by Gasteiger charge is -2.04. The summed E-state index contributed by atoms with van der Waals surface area (Å²) in [5, 5.41) is 3.31. The molecule has 1 aliphatic rings. The molecule has 2 atom stereocenters. The molecule has 1 aromatic heterocycles. The third kappa shape index (κ3) is 1.75. The highest BCUT2D eigenvalue weighted by molar-refractivity contribution is 6.32. The molecule has 14 heavy (non-hydrogen) atoms. The minimum Gasteiger partial charge on any atom is -0.366 e. The third-order valence-electron chi connectivity index (χ3n) is 2.57. The van der Waals surface area contributed by atoms with Gasteiger partial charge in [-0.2, -0.15) is 0 Å². The second kappa shape index (κ2) is 3.61. The van der Waals surface area contributed by atoms with Crippen molar-refractivity contribution in [2.75, 3.05) is 5.32 Å². The van der Waals surface area contributed by atoms with Gasteiger partial charge >= 0.3 is 0 Å². The fraction of sp³-hybridized carbons (Fsp3) is 0.556. The molecule has 2 unspecified atom stereocenters. The van der Waals surface area contributed by atoms with Gasteiger partial charge in [-0.25, -0.2) is 4.98 Å². The first-order valence-corrected chi connectivity index (χ1v) is 5.10. The SMILES string of the molecule is CCC1CC1Nc1nc[nH]c(=O)c1Cl. The number of halogens is 1. The van der Waals surface area contributed by atoms with Crippen LogP contribution in [0.15, 0.2) is 11.1 Å². The van der Waals surface area contributed by atoms with Crippen molar-refractivity contribution in [3.8, 4) is 0 Å². The van der Waals surface area contributed by atoms with Gasteiger partial charge in [-0.05, 0) is 12.3 Å². The highest BCUT2D eigenvalue weighted by Gasteiger charge is 2.35. The van der Waals surface area contributed by atoms with Crippen molar-refractivity contribution >= 4 is 17.4 Å². The molecule has 0 amide bonds. The molecule has 0 aliphatic heterocycles. The summed E-state index contributed by atoms with van der Waals surface area (Å²) >= 11 is 5.79. The lowest BCUT2D eigenvalue weighted by molar-refractivity contribution is 0.773. The average molecular weight is 214 g/mol. The first kappa shape index (κ1) is 9.52. The Morgan fingerprint density at radius 3 is 3.21 bits per heavy atom. The molecule has 1 fully saturated rings. The lowest BCUT2D eigenvalue weighted by Crippen LogP contribution is -2.13. The van der Waals surface area contributed by atoms with Gasteiger partial charge in [0.25, 0.3) is 5.56 Å². The Labute approximate surface area is 86.7 Å². The van der Waals surface area contributed by atoms with Crippen molar-refractivity contribution in [2.45, 2.75) is 25.8 Å². The number of aromatic amines is 1. The molecule has 1 aliphatic carbocycles. The highest BCUT2D eigenvalue weighted by Crippen LogP contribution is 2.36. The van der Waals surface area contributed by atoms with Crippen LogP contribution in [-0.2, 0) is 0 Å². The molecule has 4 nitrogen and oxygen atoms in total. The molecule has 2 N–H and O–H groups in total. The van der Waals surface area contributed by atoms with E-state index in [1.54, 1.807) is 0 Å². The van der Waals surface area contributed by atoms with Gasteiger partial charge in [0.2, 0.25) is 0 Å². The van der Waals surface area contributed by atoms with Gasteiger partial charge in [-0.15, -0.1) is 0 Å². The maximum atomic E-state index is 11.1. The van der Waals surface area contributed by atoms with Gasteiger partial charge in [0.1, 0.15) is 5.02 Å². The normalized spacial score (nSPS) is 24.7. The fourth-order valence-corrected chi connectivity index (χ4v) is 1.69. The van der Waals surface area contributed by atoms with E-state index in [0.717, 1.165) is 12.8 Å². The minimum absolute atomic E-state index is 0.147. The first-order chi connectivity index (χ1) is 6.72. The highest BCUT2D eigenvalue weighted by atomic mass is 35.5. The monoisotopic (exact) mass is 213 g/mol. The van der Waals surface area contributed by atoms with Crippen LogP contribution in [0.5, 0.6) is 0 Å². The van der Waals surface area contributed by atoms with E-state index in [9.17, 15) is 4.79 Å². The minimum atomic E-state index is -0.294. The van der Waals surface area contributed by atoms with Gasteiger partial charge < -0.3 is 10.3 Å². The molecule has 1 aromatic rings. The van der Waals surface area contributed by atoms with Crippen molar-refractivity contribution < 1.29 is 0 Å². The van der Waals surface area contributed by atoms with Crippen LogP contribution in [0, 0.1) is 5.92 Å². The topological polar surface area (TPSA) is 57.8 Å². The summed E-state index contributed by atoms with van der Waals surface area (Å²) in [7, 11) is 0. The molecule has 0 spiro atoms. The smallest absolute Gasteiger partial charge is 0.271 e. The number of H-pyrrole nitrogens is 1. The van der Waals surface area contributed by atoms with E-state index >= 15 is 0 Å². The number of nitrogens with zero attached hydrogens (tertiary/aromatic N) is 1. The maximum Gasteiger partial charge on any atom is 0.271 e. The van der Waals surface area contributed by atoms with Crippen molar-refractivity contribution in [3.05, 3.63) is 21.7 Å². The first-order valence-electron chi connectivity index (χ1n) is 4.72. The predicted molar refractivity (Wildman–Crippen MR) is 55.7 cm³/mol. The van der Waals surface area contributed by atoms with E-state index in [1.165, 1.54) is 6.33 Å². The summed E-state index contributed by atoms with van der Waals surface area (Å²) in [5.41, 5.74) is -0.294. The molecule has 5 heteroatoms. The number of aromatic nitrogens is 2. The zero-order valence-corrected chi connectivity index (χ0v) is 8.64. The van der Waals surface area contributed by atoms with Crippen molar-refractivity contribution in [3.63, 3.8) is 0 Å². The molecule has 2 rings (SSSR count). The Bertz CT molecular complexity index is 390. The quantitative estimate of drug-likeness (QED) is 0.803. The second-order valence-electron chi connectivity index (χ2n) is 3.55. The molecule has 0 aromatic carbocycles. The van der Waals surface area contributed by atoms with Gasteiger partial charge in [-0.1, -0.05) is 24.9 Å². The third-order valence-corrected chi connectivity index (χ3v) is 2.92. The Morgan fingerprint density at radius 1 is 1.79 bits per heavy atom. The Morgan fingerprint density at radius 2 is 2.57 bits per heavy atom. The zero-order chi connectivity index (χ0) is 10.1. The molecule has 1 saturated carbocycles. The number of hydrogen-bond donors (Lipinski definition) is 2. The van der Waals surface area contributed by atoms with Gasteiger partial charge in [0.05, 0.1) is 6.33 Å². The van der Waals surface area contributed by atoms with E-state index < -0.39 is 0 Å². The number of anilines is 1. The van der Waals surface area contributed by atoms with Crippen molar-refractivity contribution in [1.29, 1.82) is 0 Å². The summed E-state index contributed by atoms with van der Waals surface area (Å²) < 4.78 is 0. The number of hydrogen-bond acceptors (Lipinski definition) is 3. The van der Waals surface area contributed by atoms with Crippen LogP contribution < -0.4 is 10.9 Å². The summed E-state index contributed by atoms with van der Waals surface area (Å²) in [4.78, 5) is 17.5. The van der Waals surface area contributed by atoms with E-state index in [2.05, 4.69) is 22.2 Å². The van der Waals surface area contributed by atoms with Gasteiger partial charge in [0.15, 0.2) is 5.82 Å². The van der Waals surface area contributed by atoms with E-state index in [1.807, 2.05) is 0 Å². The van der Waals surface area contributed by atoms with E-state index in [0.29, 0.717) is 17.8 Å². The van der Waals surface area contributed by atoms with Crippen LogP contribution in [0.3, 0.4) is 0 Å². The summed E-state index contributed by atoms with van der Waals surface area (Å²) in [6.07, 6.45) is 3.65. The maximum absolute atomic E-state index is 11.1.